The molecular formula is C22H20Na2O8S2. The van der Waals surface area contributed by atoms with Gasteiger partial charge in [0.2, 0.25) is 0 Å². The van der Waals surface area contributed by atoms with E-state index in [1.807, 2.05) is 30.3 Å². The van der Waals surface area contributed by atoms with Crippen molar-refractivity contribution < 1.29 is 94.5 Å². The number of hydrogen-bond acceptors (Lipinski definition) is 8. The minimum absolute atomic E-state index is 0. The third-order valence-corrected chi connectivity index (χ3v) is 5.52. The molecule has 2 rings (SSSR count). The molecule has 0 fully saturated rings. The molecule has 8 nitrogen and oxygen atoms in total. The summed E-state index contributed by atoms with van der Waals surface area (Å²) in [6, 6.07) is 12.1. The van der Waals surface area contributed by atoms with Crippen molar-refractivity contribution in [3.8, 4) is 35.7 Å². The maximum atomic E-state index is 10.8. The molecule has 0 spiro atoms. The smallest absolute Gasteiger partial charge is 0.748 e. The van der Waals surface area contributed by atoms with E-state index in [-0.39, 0.29) is 96.7 Å². The Kier molecular flexibility index (Phi) is 15.4. The van der Waals surface area contributed by atoms with Gasteiger partial charge in [0.1, 0.15) is 11.5 Å². The Morgan fingerprint density at radius 3 is 1.71 bits per heavy atom. The van der Waals surface area contributed by atoms with Gasteiger partial charge in [-0.05, 0) is 25.0 Å². The zero-order valence-electron chi connectivity index (χ0n) is 18.9. The number of terminal acetylenes is 1. The van der Waals surface area contributed by atoms with Crippen LogP contribution in [0.25, 0.3) is 0 Å². The Morgan fingerprint density at radius 1 is 0.765 bits per heavy atom. The van der Waals surface area contributed by atoms with E-state index in [0.717, 1.165) is 5.56 Å². The molecule has 0 saturated carbocycles. The standard InChI is InChI=1S/C22H22O8S2.2Na/c1-2-19-16-22(30-13-7-15-32(26,27)28)20(11-10-18-8-4-3-5-9-18)17-21(19)29-12-6-14-31(23,24)25;;/h1,3-5,8-9,16-17H,6-7,12-15H2,(H,23,24,25)(H,26,27,28);;/q;2*+1/p-2. The van der Waals surface area contributed by atoms with Gasteiger partial charge in [-0.3, -0.25) is 0 Å². The van der Waals surface area contributed by atoms with Crippen LogP contribution in [0.4, 0.5) is 0 Å². The number of benzene rings is 2. The molecule has 0 aliphatic rings. The summed E-state index contributed by atoms with van der Waals surface area (Å²) in [5.41, 5.74) is 1.43. The summed E-state index contributed by atoms with van der Waals surface area (Å²) < 4.78 is 75.7. The maximum absolute atomic E-state index is 10.8. The third-order valence-electron chi connectivity index (χ3n) is 3.95. The third kappa shape index (κ3) is 13.2. The van der Waals surface area contributed by atoms with Gasteiger partial charge in [0.15, 0.2) is 0 Å². The zero-order chi connectivity index (χ0) is 23.6. The molecular weight excluding hydrogens is 502 g/mol. The topological polar surface area (TPSA) is 133 Å². The van der Waals surface area contributed by atoms with Crippen LogP contribution in [0.2, 0.25) is 0 Å². The van der Waals surface area contributed by atoms with Crippen LogP contribution >= 0.6 is 0 Å². The van der Waals surface area contributed by atoms with Gasteiger partial charge < -0.3 is 18.6 Å². The molecule has 0 aliphatic heterocycles. The second kappa shape index (κ2) is 15.9. The Labute approximate surface area is 244 Å². The van der Waals surface area contributed by atoms with Crippen molar-refractivity contribution >= 4 is 20.2 Å². The van der Waals surface area contributed by atoms with E-state index in [9.17, 15) is 25.9 Å². The number of rotatable bonds is 10. The van der Waals surface area contributed by atoms with Crippen LogP contribution < -0.4 is 68.6 Å². The van der Waals surface area contributed by atoms with Crippen molar-refractivity contribution in [1.29, 1.82) is 0 Å². The molecule has 34 heavy (non-hydrogen) atoms. The Hall–Kier alpha value is -1.02. The average molecular weight is 523 g/mol. The summed E-state index contributed by atoms with van der Waals surface area (Å²) in [5, 5.41) is 0. The summed E-state index contributed by atoms with van der Waals surface area (Å²) in [7, 11) is -8.70. The SMILES string of the molecule is C#Cc1cc(OCCCS(=O)(=O)[O-])c(C#Cc2ccccc2)cc1OCCCS(=O)(=O)[O-].[Na+].[Na+]. The molecule has 0 radical (unpaired) electrons. The summed E-state index contributed by atoms with van der Waals surface area (Å²) >= 11 is 0. The number of hydrogen-bond donors (Lipinski definition) is 0. The summed E-state index contributed by atoms with van der Waals surface area (Å²) in [6.45, 7) is -0.101. The van der Waals surface area contributed by atoms with E-state index in [2.05, 4.69) is 17.8 Å². The fraction of sp³-hybridized carbons (Fsp3) is 0.273. The van der Waals surface area contributed by atoms with E-state index in [1.165, 1.54) is 12.1 Å². The van der Waals surface area contributed by atoms with E-state index < -0.39 is 31.7 Å². The second-order valence-electron chi connectivity index (χ2n) is 6.53. The monoisotopic (exact) mass is 522 g/mol. The molecule has 0 saturated heterocycles. The van der Waals surface area contributed by atoms with Crippen LogP contribution in [-0.2, 0) is 20.2 Å². The Balaban J connectivity index is 0.00000544. The zero-order valence-corrected chi connectivity index (χ0v) is 24.6. The van der Waals surface area contributed by atoms with Gasteiger partial charge in [0, 0.05) is 29.2 Å². The van der Waals surface area contributed by atoms with Crippen molar-refractivity contribution in [2.75, 3.05) is 24.7 Å². The van der Waals surface area contributed by atoms with Gasteiger partial charge in [-0.15, -0.1) is 6.42 Å². The van der Waals surface area contributed by atoms with E-state index in [4.69, 9.17) is 15.9 Å². The quantitative estimate of drug-likeness (QED) is 0.133. The molecule has 2 aromatic rings. The van der Waals surface area contributed by atoms with Crippen LogP contribution in [-0.4, -0.2) is 50.7 Å². The van der Waals surface area contributed by atoms with Gasteiger partial charge in [0.05, 0.1) is 44.6 Å². The fourth-order valence-corrected chi connectivity index (χ4v) is 3.45. The minimum Gasteiger partial charge on any atom is -0.748 e. The van der Waals surface area contributed by atoms with Crippen LogP contribution in [0, 0.1) is 24.2 Å². The van der Waals surface area contributed by atoms with Crippen LogP contribution in [0.3, 0.4) is 0 Å². The first kappa shape index (κ1) is 33.0. The van der Waals surface area contributed by atoms with Crippen molar-refractivity contribution in [3.63, 3.8) is 0 Å². The Bertz CT molecular complexity index is 1240. The molecule has 0 unspecified atom stereocenters. The molecule has 170 valence electrons. The molecule has 0 aliphatic carbocycles. The van der Waals surface area contributed by atoms with Gasteiger partial charge in [-0.25, -0.2) is 16.8 Å². The molecule has 0 atom stereocenters. The van der Waals surface area contributed by atoms with E-state index in [0.29, 0.717) is 11.1 Å². The maximum Gasteiger partial charge on any atom is 1.00 e. The number of ether oxygens (including phenoxy) is 2. The van der Waals surface area contributed by atoms with Gasteiger partial charge in [0.25, 0.3) is 0 Å². The molecule has 12 heteroatoms. The predicted molar refractivity (Wildman–Crippen MR) is 116 cm³/mol. The van der Waals surface area contributed by atoms with Crippen LogP contribution in [0.1, 0.15) is 29.5 Å². The van der Waals surface area contributed by atoms with Crippen LogP contribution in [0.5, 0.6) is 11.5 Å². The van der Waals surface area contributed by atoms with Gasteiger partial charge >= 0.3 is 59.1 Å². The van der Waals surface area contributed by atoms with Crippen molar-refractivity contribution in [2.24, 2.45) is 0 Å². The second-order valence-corrected chi connectivity index (χ2v) is 9.58. The minimum atomic E-state index is -4.35. The fourth-order valence-electron chi connectivity index (χ4n) is 2.51. The molecule has 0 heterocycles. The van der Waals surface area contributed by atoms with Crippen molar-refractivity contribution in [1.82, 2.24) is 0 Å². The molecule has 0 aromatic heterocycles. The average Bonchev–Trinajstić information content (AvgIpc) is 2.72. The normalized spacial score (nSPS) is 10.5. The van der Waals surface area contributed by atoms with Gasteiger partial charge in [-0.1, -0.05) is 36.0 Å². The summed E-state index contributed by atoms with van der Waals surface area (Å²) in [4.78, 5) is 0. The molecule has 0 N–H and O–H groups in total. The van der Waals surface area contributed by atoms with Gasteiger partial charge in [-0.2, -0.15) is 0 Å². The van der Waals surface area contributed by atoms with Crippen LogP contribution in [0.15, 0.2) is 42.5 Å². The molecule has 0 amide bonds. The van der Waals surface area contributed by atoms with E-state index >= 15 is 0 Å². The first-order valence-electron chi connectivity index (χ1n) is 9.42. The molecule has 0 bridgehead atoms. The first-order valence-corrected chi connectivity index (χ1v) is 12.6. The van der Waals surface area contributed by atoms with Crippen molar-refractivity contribution in [2.45, 2.75) is 12.8 Å². The summed E-state index contributed by atoms with van der Waals surface area (Å²) in [5.74, 6) is 7.73. The largest absolute Gasteiger partial charge is 1.00 e. The predicted octanol–water partition coefficient (Wildman–Crippen LogP) is -4.30. The first-order chi connectivity index (χ1) is 15.1. The van der Waals surface area contributed by atoms with E-state index in [1.54, 1.807) is 0 Å². The Morgan fingerprint density at radius 2 is 1.24 bits per heavy atom. The van der Waals surface area contributed by atoms with Crippen molar-refractivity contribution in [3.05, 3.63) is 59.2 Å². The molecule has 2 aromatic carbocycles. The summed E-state index contributed by atoms with van der Waals surface area (Å²) in [6.07, 6.45) is 5.51.